The highest BCUT2D eigenvalue weighted by molar-refractivity contribution is 6.35. The van der Waals surface area contributed by atoms with Gasteiger partial charge < -0.3 is 10.2 Å². The van der Waals surface area contributed by atoms with Crippen LogP contribution in [0.2, 0.25) is 10.0 Å². The summed E-state index contributed by atoms with van der Waals surface area (Å²) < 4.78 is 0. The van der Waals surface area contributed by atoms with Crippen molar-refractivity contribution in [1.82, 2.24) is 10.2 Å². The van der Waals surface area contributed by atoms with Crippen molar-refractivity contribution in [3.05, 3.63) is 68.7 Å². The summed E-state index contributed by atoms with van der Waals surface area (Å²) >= 11 is 12.3. The third-order valence-corrected chi connectivity index (χ3v) is 5.87. The third kappa shape index (κ3) is 6.75. The van der Waals surface area contributed by atoms with E-state index in [4.69, 9.17) is 23.2 Å². The number of carbonyl (C=O) groups is 2. The van der Waals surface area contributed by atoms with Gasteiger partial charge in [-0.25, -0.2) is 0 Å². The Labute approximate surface area is 189 Å². The Morgan fingerprint density at radius 3 is 2.43 bits per heavy atom. The predicted molar refractivity (Wildman–Crippen MR) is 124 cm³/mol. The molecule has 1 atom stereocenters. The van der Waals surface area contributed by atoms with Gasteiger partial charge in [0.25, 0.3) is 0 Å². The van der Waals surface area contributed by atoms with E-state index in [1.807, 2.05) is 32.0 Å². The van der Waals surface area contributed by atoms with E-state index in [-0.39, 0.29) is 24.8 Å². The van der Waals surface area contributed by atoms with Gasteiger partial charge in [-0.15, -0.1) is 0 Å². The number of unbranched alkanes of at least 4 members (excludes halogenated alkanes) is 1. The molecular weight excluding hydrogens is 419 g/mol. The predicted octanol–water partition coefficient (Wildman–Crippen LogP) is 5.49. The minimum atomic E-state index is -0.618. The van der Waals surface area contributed by atoms with Crippen LogP contribution in [0, 0.1) is 13.8 Å². The van der Waals surface area contributed by atoms with Gasteiger partial charge >= 0.3 is 0 Å². The maximum Gasteiger partial charge on any atom is 0.242 e. The van der Waals surface area contributed by atoms with Crippen molar-refractivity contribution in [1.29, 1.82) is 0 Å². The van der Waals surface area contributed by atoms with Crippen LogP contribution < -0.4 is 5.32 Å². The summed E-state index contributed by atoms with van der Waals surface area (Å²) in [6, 6.07) is 10.6. The van der Waals surface area contributed by atoms with E-state index in [1.54, 1.807) is 30.0 Å². The van der Waals surface area contributed by atoms with Crippen LogP contribution in [0.5, 0.6) is 0 Å². The van der Waals surface area contributed by atoms with Crippen LogP contribution in [0.1, 0.15) is 48.9 Å². The normalized spacial score (nSPS) is 11.8. The number of benzene rings is 2. The Morgan fingerprint density at radius 2 is 1.80 bits per heavy atom. The largest absolute Gasteiger partial charge is 0.354 e. The first kappa shape index (κ1) is 24.2. The molecule has 0 bridgehead atoms. The number of nitrogens with one attached hydrogen (secondary N) is 1. The number of aryl methyl sites for hydroxylation is 2. The van der Waals surface area contributed by atoms with Crippen LogP contribution >= 0.6 is 23.2 Å². The zero-order valence-electron chi connectivity index (χ0n) is 18.1. The quantitative estimate of drug-likeness (QED) is 0.515. The molecule has 1 N–H and O–H groups in total. The van der Waals surface area contributed by atoms with Crippen molar-refractivity contribution in [3.8, 4) is 0 Å². The average Bonchev–Trinajstić information content (AvgIpc) is 2.69. The van der Waals surface area contributed by atoms with E-state index in [0.717, 1.165) is 29.5 Å². The highest BCUT2D eigenvalue weighted by Gasteiger charge is 2.26. The molecule has 0 spiro atoms. The molecule has 0 aliphatic heterocycles. The first-order valence-corrected chi connectivity index (χ1v) is 11.1. The zero-order chi connectivity index (χ0) is 22.3. The highest BCUT2D eigenvalue weighted by atomic mass is 35.5. The second-order valence-electron chi connectivity index (χ2n) is 7.67. The van der Waals surface area contributed by atoms with Crippen molar-refractivity contribution >= 4 is 35.0 Å². The molecule has 6 heteroatoms. The summed E-state index contributed by atoms with van der Waals surface area (Å²) in [4.78, 5) is 27.5. The molecule has 0 aliphatic carbocycles. The molecule has 0 saturated heterocycles. The molecule has 0 fully saturated rings. The van der Waals surface area contributed by atoms with Gasteiger partial charge in [0, 0.05) is 23.1 Å². The van der Waals surface area contributed by atoms with Crippen molar-refractivity contribution in [2.75, 3.05) is 6.54 Å². The van der Waals surface area contributed by atoms with Crippen molar-refractivity contribution in [2.45, 2.75) is 59.5 Å². The van der Waals surface area contributed by atoms with Gasteiger partial charge in [-0.1, -0.05) is 60.8 Å². The number of amides is 2. The summed E-state index contributed by atoms with van der Waals surface area (Å²) in [6.07, 6.45) is 2.11. The van der Waals surface area contributed by atoms with Crippen LogP contribution in [-0.4, -0.2) is 29.3 Å². The molecule has 0 heterocycles. The fraction of sp³-hybridized carbons (Fsp3) is 0.417. The summed E-state index contributed by atoms with van der Waals surface area (Å²) in [5.41, 5.74) is 3.99. The first-order chi connectivity index (χ1) is 14.2. The molecule has 4 nitrogen and oxygen atoms in total. The van der Waals surface area contributed by atoms with E-state index >= 15 is 0 Å². The number of nitrogens with zero attached hydrogens (tertiary/aromatic N) is 1. The third-order valence-electron chi connectivity index (χ3n) is 5.28. The first-order valence-electron chi connectivity index (χ1n) is 10.3. The lowest BCUT2D eigenvalue weighted by molar-refractivity contribution is -0.140. The van der Waals surface area contributed by atoms with Crippen LogP contribution in [0.4, 0.5) is 0 Å². The van der Waals surface area contributed by atoms with Crippen LogP contribution in [0.25, 0.3) is 0 Å². The molecule has 0 saturated carbocycles. The second kappa shape index (κ2) is 11.4. The van der Waals surface area contributed by atoms with Crippen LogP contribution in [0.15, 0.2) is 36.4 Å². The molecule has 0 aliphatic rings. The van der Waals surface area contributed by atoms with Gasteiger partial charge in [-0.2, -0.15) is 0 Å². The maximum absolute atomic E-state index is 13.2. The molecular formula is C24H30Cl2N2O2. The maximum atomic E-state index is 13.2. The Kier molecular flexibility index (Phi) is 9.19. The van der Waals surface area contributed by atoms with E-state index < -0.39 is 6.04 Å². The molecule has 0 aromatic heterocycles. The topological polar surface area (TPSA) is 49.4 Å². The molecule has 162 valence electrons. The SMILES string of the molecule is CCCCNC(=O)[C@@H](C)N(Cc1ccc(Cl)cc1Cl)C(=O)Cc1ccc(C)c(C)c1. The smallest absolute Gasteiger partial charge is 0.242 e. The van der Waals surface area contributed by atoms with Crippen LogP contribution in [0.3, 0.4) is 0 Å². The standard InChI is InChI=1S/C24H30Cl2N2O2/c1-5-6-11-27-24(30)18(4)28(15-20-9-10-21(25)14-22(20)26)23(29)13-19-8-7-16(2)17(3)12-19/h7-10,12,14,18H,5-6,11,13,15H2,1-4H3,(H,27,30)/t18-/m1/s1. The summed E-state index contributed by atoms with van der Waals surface area (Å²) in [7, 11) is 0. The lowest BCUT2D eigenvalue weighted by Crippen LogP contribution is -2.48. The fourth-order valence-electron chi connectivity index (χ4n) is 3.14. The van der Waals surface area contributed by atoms with E-state index in [9.17, 15) is 9.59 Å². The fourth-order valence-corrected chi connectivity index (χ4v) is 3.61. The summed E-state index contributed by atoms with van der Waals surface area (Å²) in [5, 5.41) is 3.93. The lowest BCUT2D eigenvalue weighted by Gasteiger charge is -2.29. The minimum Gasteiger partial charge on any atom is -0.354 e. The lowest BCUT2D eigenvalue weighted by atomic mass is 10.0. The number of halogens is 2. The Bertz CT molecular complexity index is 899. The van der Waals surface area contributed by atoms with Crippen LogP contribution in [-0.2, 0) is 22.6 Å². The van der Waals surface area contributed by atoms with Gasteiger partial charge in [0.2, 0.25) is 11.8 Å². The van der Waals surface area contributed by atoms with Gasteiger partial charge in [-0.05, 0) is 61.6 Å². The van der Waals surface area contributed by atoms with E-state index in [0.29, 0.717) is 16.6 Å². The van der Waals surface area contributed by atoms with Gasteiger partial charge in [-0.3, -0.25) is 9.59 Å². The van der Waals surface area contributed by atoms with Crippen molar-refractivity contribution in [3.63, 3.8) is 0 Å². The van der Waals surface area contributed by atoms with E-state index in [1.165, 1.54) is 5.56 Å². The number of carbonyl (C=O) groups excluding carboxylic acids is 2. The minimum absolute atomic E-state index is 0.123. The van der Waals surface area contributed by atoms with Gasteiger partial charge in [0.05, 0.1) is 6.42 Å². The highest BCUT2D eigenvalue weighted by Crippen LogP contribution is 2.24. The number of rotatable bonds is 9. The average molecular weight is 449 g/mol. The Balaban J connectivity index is 2.25. The molecule has 2 aromatic rings. The Hall–Kier alpha value is -2.04. The van der Waals surface area contributed by atoms with Crippen molar-refractivity contribution in [2.24, 2.45) is 0 Å². The molecule has 0 radical (unpaired) electrons. The number of hydrogen-bond donors (Lipinski definition) is 1. The van der Waals surface area contributed by atoms with E-state index in [2.05, 4.69) is 12.2 Å². The number of hydrogen-bond acceptors (Lipinski definition) is 2. The monoisotopic (exact) mass is 448 g/mol. The van der Waals surface area contributed by atoms with Gasteiger partial charge in [0.15, 0.2) is 0 Å². The summed E-state index contributed by atoms with van der Waals surface area (Å²) in [6.45, 7) is 8.72. The molecule has 2 rings (SSSR count). The molecule has 2 amide bonds. The van der Waals surface area contributed by atoms with Crippen molar-refractivity contribution < 1.29 is 9.59 Å². The zero-order valence-corrected chi connectivity index (χ0v) is 19.6. The van der Waals surface area contributed by atoms with Gasteiger partial charge in [0.1, 0.15) is 6.04 Å². The molecule has 30 heavy (non-hydrogen) atoms. The Morgan fingerprint density at radius 1 is 1.07 bits per heavy atom. The molecule has 0 unspecified atom stereocenters. The summed E-state index contributed by atoms with van der Waals surface area (Å²) in [5.74, 6) is -0.288. The molecule has 2 aromatic carbocycles. The second-order valence-corrected chi connectivity index (χ2v) is 8.52.